The number of nitrogens with zero attached hydrogens (tertiary/aromatic N) is 1. The number of likely N-dealkylation sites (N-methyl/N-ethyl adjacent to an activating group) is 1. The standard InChI is InChI=1S/C11H13ClN2O.H2O/c1-14-6-5-7-3-2-4-8(12)9(7)10(14)11(13)15;/h2-4,10H,5-6H2,1H3,(H2,13,15);1H2. The molecule has 1 aromatic carbocycles. The van der Waals surface area contributed by atoms with Crippen molar-refractivity contribution in [2.45, 2.75) is 12.5 Å². The van der Waals surface area contributed by atoms with Gasteiger partial charge in [-0.3, -0.25) is 9.69 Å². The van der Waals surface area contributed by atoms with E-state index in [9.17, 15) is 4.79 Å². The van der Waals surface area contributed by atoms with Crippen LogP contribution in [0.15, 0.2) is 18.2 Å². The number of hydrogen-bond donors (Lipinski definition) is 1. The second-order valence-corrected chi connectivity index (χ2v) is 4.26. The van der Waals surface area contributed by atoms with Crippen molar-refractivity contribution < 1.29 is 10.3 Å². The molecule has 4 N–H and O–H groups in total. The van der Waals surface area contributed by atoms with Crippen LogP contribution in [-0.2, 0) is 11.2 Å². The second-order valence-electron chi connectivity index (χ2n) is 3.85. The lowest BCUT2D eigenvalue weighted by molar-refractivity contribution is -0.123. The highest BCUT2D eigenvalue weighted by atomic mass is 35.5. The van der Waals surface area contributed by atoms with Gasteiger partial charge in [-0.05, 0) is 25.1 Å². The highest BCUT2D eigenvalue weighted by Gasteiger charge is 2.30. The normalized spacial score (nSPS) is 19.8. The first-order valence-corrected chi connectivity index (χ1v) is 5.26. The number of hydrogen-bond acceptors (Lipinski definition) is 2. The van der Waals surface area contributed by atoms with E-state index in [2.05, 4.69) is 0 Å². The van der Waals surface area contributed by atoms with E-state index in [-0.39, 0.29) is 17.4 Å². The molecule has 16 heavy (non-hydrogen) atoms. The molecule has 1 unspecified atom stereocenters. The van der Waals surface area contributed by atoms with Crippen LogP contribution >= 0.6 is 11.6 Å². The second kappa shape index (κ2) is 4.82. The van der Waals surface area contributed by atoms with Gasteiger partial charge in [-0.25, -0.2) is 0 Å². The van der Waals surface area contributed by atoms with Gasteiger partial charge >= 0.3 is 0 Å². The molecule has 0 aliphatic carbocycles. The summed E-state index contributed by atoms with van der Waals surface area (Å²) in [5, 5.41) is 0.628. The summed E-state index contributed by atoms with van der Waals surface area (Å²) in [6, 6.07) is 5.33. The van der Waals surface area contributed by atoms with Crippen LogP contribution < -0.4 is 5.73 Å². The number of rotatable bonds is 1. The minimum absolute atomic E-state index is 0. The zero-order valence-corrected chi connectivity index (χ0v) is 9.79. The van der Waals surface area contributed by atoms with Gasteiger partial charge in [0.15, 0.2) is 0 Å². The molecule has 0 aromatic heterocycles. The lowest BCUT2D eigenvalue weighted by Crippen LogP contribution is -2.40. The summed E-state index contributed by atoms with van der Waals surface area (Å²) in [5.74, 6) is -0.341. The molecule has 1 heterocycles. The van der Waals surface area contributed by atoms with E-state index in [1.165, 1.54) is 0 Å². The average Bonchev–Trinajstić information content (AvgIpc) is 2.18. The van der Waals surface area contributed by atoms with Crippen LogP contribution in [-0.4, -0.2) is 29.9 Å². The molecule has 1 amide bonds. The molecule has 88 valence electrons. The van der Waals surface area contributed by atoms with E-state index in [1.807, 2.05) is 24.1 Å². The van der Waals surface area contributed by atoms with Gasteiger partial charge < -0.3 is 11.2 Å². The molecule has 2 rings (SSSR count). The Bertz CT molecular complexity index is 409. The molecule has 5 heteroatoms. The Kier molecular flexibility index (Phi) is 3.91. The summed E-state index contributed by atoms with van der Waals surface area (Å²) in [7, 11) is 1.89. The molecular weight excluding hydrogens is 228 g/mol. The van der Waals surface area contributed by atoms with Gasteiger partial charge in [0.05, 0.1) is 0 Å². The van der Waals surface area contributed by atoms with Gasteiger partial charge in [0, 0.05) is 17.1 Å². The molecular formula is C11H15ClN2O2. The number of carbonyl (C=O) groups is 1. The summed E-state index contributed by atoms with van der Waals surface area (Å²) in [6.07, 6.45) is 0.913. The Labute approximate surface area is 99.3 Å². The first-order chi connectivity index (χ1) is 7.11. The maximum absolute atomic E-state index is 11.4. The number of halogens is 1. The van der Waals surface area contributed by atoms with Crippen molar-refractivity contribution in [1.82, 2.24) is 4.90 Å². The third-order valence-corrected chi connectivity index (χ3v) is 3.19. The monoisotopic (exact) mass is 242 g/mol. The van der Waals surface area contributed by atoms with Crippen LogP contribution in [0, 0.1) is 0 Å². The maximum Gasteiger partial charge on any atom is 0.239 e. The van der Waals surface area contributed by atoms with Crippen molar-refractivity contribution in [2.75, 3.05) is 13.6 Å². The minimum Gasteiger partial charge on any atom is -0.412 e. The van der Waals surface area contributed by atoms with Crippen molar-refractivity contribution >= 4 is 17.5 Å². The van der Waals surface area contributed by atoms with Crippen molar-refractivity contribution in [1.29, 1.82) is 0 Å². The Hall–Kier alpha value is -1.10. The van der Waals surface area contributed by atoms with Gasteiger partial charge in [0.25, 0.3) is 0 Å². The van der Waals surface area contributed by atoms with Crippen LogP contribution in [0.2, 0.25) is 5.02 Å². The van der Waals surface area contributed by atoms with E-state index in [4.69, 9.17) is 17.3 Å². The average molecular weight is 243 g/mol. The van der Waals surface area contributed by atoms with Crippen LogP contribution in [0.1, 0.15) is 17.2 Å². The fourth-order valence-electron chi connectivity index (χ4n) is 2.11. The first kappa shape index (κ1) is 13.0. The topological polar surface area (TPSA) is 77.8 Å². The summed E-state index contributed by atoms with van der Waals surface area (Å²) in [6.45, 7) is 0.834. The summed E-state index contributed by atoms with van der Waals surface area (Å²) < 4.78 is 0. The lowest BCUT2D eigenvalue weighted by Gasteiger charge is -2.32. The fourth-order valence-corrected chi connectivity index (χ4v) is 2.41. The van der Waals surface area contributed by atoms with Crippen LogP contribution in [0.5, 0.6) is 0 Å². The van der Waals surface area contributed by atoms with E-state index < -0.39 is 0 Å². The molecule has 0 fully saturated rings. The zero-order valence-electron chi connectivity index (χ0n) is 9.03. The molecule has 0 saturated carbocycles. The van der Waals surface area contributed by atoms with E-state index >= 15 is 0 Å². The molecule has 0 spiro atoms. The van der Waals surface area contributed by atoms with E-state index in [0.717, 1.165) is 24.1 Å². The van der Waals surface area contributed by atoms with Crippen molar-refractivity contribution in [2.24, 2.45) is 5.73 Å². The van der Waals surface area contributed by atoms with Gasteiger partial charge in [-0.15, -0.1) is 0 Å². The molecule has 4 nitrogen and oxygen atoms in total. The molecule has 0 bridgehead atoms. The molecule has 1 aliphatic rings. The highest BCUT2D eigenvalue weighted by molar-refractivity contribution is 6.31. The Morgan fingerprint density at radius 1 is 1.56 bits per heavy atom. The van der Waals surface area contributed by atoms with Gasteiger partial charge in [0.1, 0.15) is 6.04 Å². The third kappa shape index (κ3) is 2.04. The number of benzene rings is 1. The first-order valence-electron chi connectivity index (χ1n) is 4.88. The van der Waals surface area contributed by atoms with E-state index in [1.54, 1.807) is 6.07 Å². The quantitative estimate of drug-likeness (QED) is 0.780. The van der Waals surface area contributed by atoms with Crippen molar-refractivity contribution in [3.05, 3.63) is 34.3 Å². The van der Waals surface area contributed by atoms with Crippen LogP contribution in [0.3, 0.4) is 0 Å². The SMILES string of the molecule is CN1CCc2cccc(Cl)c2C1C(N)=O.O. The van der Waals surface area contributed by atoms with E-state index in [0.29, 0.717) is 5.02 Å². The summed E-state index contributed by atoms with van der Waals surface area (Å²) >= 11 is 6.11. The lowest BCUT2D eigenvalue weighted by atomic mass is 9.92. The van der Waals surface area contributed by atoms with Crippen LogP contribution in [0.4, 0.5) is 0 Å². The molecule has 0 saturated heterocycles. The number of nitrogens with two attached hydrogens (primary N) is 1. The Morgan fingerprint density at radius 3 is 2.88 bits per heavy atom. The number of fused-ring (bicyclic) bond motifs is 1. The van der Waals surface area contributed by atoms with Gasteiger partial charge in [-0.1, -0.05) is 23.7 Å². The molecule has 1 atom stereocenters. The molecule has 0 radical (unpaired) electrons. The maximum atomic E-state index is 11.4. The largest absolute Gasteiger partial charge is 0.412 e. The predicted molar refractivity (Wildman–Crippen MR) is 63.3 cm³/mol. The Balaban J connectivity index is 0.00000128. The number of carbonyl (C=O) groups excluding carboxylic acids is 1. The summed E-state index contributed by atoms with van der Waals surface area (Å²) in [4.78, 5) is 13.3. The number of amides is 1. The van der Waals surface area contributed by atoms with Gasteiger partial charge in [0.2, 0.25) is 5.91 Å². The Morgan fingerprint density at radius 2 is 2.25 bits per heavy atom. The fraction of sp³-hybridized carbons (Fsp3) is 0.364. The van der Waals surface area contributed by atoms with Crippen LogP contribution in [0.25, 0.3) is 0 Å². The summed E-state index contributed by atoms with van der Waals surface area (Å²) in [5.41, 5.74) is 7.41. The molecule has 1 aliphatic heterocycles. The third-order valence-electron chi connectivity index (χ3n) is 2.86. The highest BCUT2D eigenvalue weighted by Crippen LogP contribution is 2.33. The van der Waals surface area contributed by atoms with Crippen molar-refractivity contribution in [3.63, 3.8) is 0 Å². The number of primary amides is 1. The zero-order chi connectivity index (χ0) is 11.0. The minimum atomic E-state index is -0.387. The van der Waals surface area contributed by atoms with Crippen molar-refractivity contribution in [3.8, 4) is 0 Å². The molecule has 1 aromatic rings. The predicted octanol–water partition coefficient (Wildman–Crippen LogP) is 0.530. The van der Waals surface area contributed by atoms with Gasteiger partial charge in [-0.2, -0.15) is 0 Å². The smallest absolute Gasteiger partial charge is 0.239 e.